The van der Waals surface area contributed by atoms with E-state index in [-0.39, 0.29) is 18.9 Å². The van der Waals surface area contributed by atoms with Gasteiger partial charge < -0.3 is 24.3 Å². The Bertz CT molecular complexity index is 1340. The van der Waals surface area contributed by atoms with Crippen molar-refractivity contribution in [2.75, 3.05) is 41.3 Å². The minimum Gasteiger partial charge on any atom is -0.493 e. The molecule has 0 saturated heterocycles. The second kappa shape index (κ2) is 12.5. The molecule has 0 aliphatic carbocycles. The van der Waals surface area contributed by atoms with E-state index in [1.807, 2.05) is 30.3 Å². The maximum absolute atomic E-state index is 13.7. The van der Waals surface area contributed by atoms with Crippen molar-refractivity contribution < 1.29 is 36.3 Å². The molecular weight excluding hydrogens is 498 g/mol. The molecule has 0 aliphatic heterocycles. The molecule has 1 N–H and O–H groups in total. The van der Waals surface area contributed by atoms with Gasteiger partial charge in [0.25, 0.3) is 16.0 Å². The molecule has 0 radical (unpaired) electrons. The van der Waals surface area contributed by atoms with Gasteiger partial charge in [-0.1, -0.05) is 36.4 Å². The van der Waals surface area contributed by atoms with Crippen LogP contribution in [0.15, 0.2) is 54.6 Å². The van der Waals surface area contributed by atoms with Crippen LogP contribution in [-0.4, -0.2) is 55.6 Å². The fraction of sp³-hybridized carbons (Fsp3) is 0.296. The maximum Gasteiger partial charge on any atom is 0.264 e. The average Bonchev–Trinajstić information content (AvgIpc) is 2.90. The molecule has 0 saturated carbocycles. The molecule has 3 aromatic rings. The number of carbonyl (C=O) groups excluding carboxylic acids is 1. The topological polar surface area (TPSA) is 109 Å². The molecule has 198 valence electrons. The average molecular weight is 530 g/mol. The number of hydrogen-bond acceptors (Lipinski definition) is 8. The summed E-state index contributed by atoms with van der Waals surface area (Å²) in [6.07, 6.45) is 1.10. The highest BCUT2D eigenvalue weighted by atomic mass is 32.2. The van der Waals surface area contributed by atoms with E-state index in [9.17, 15) is 13.2 Å². The maximum atomic E-state index is 13.7. The van der Waals surface area contributed by atoms with Crippen LogP contribution in [-0.2, 0) is 27.3 Å². The summed E-state index contributed by atoms with van der Waals surface area (Å²) in [6.45, 7) is 0.136. The summed E-state index contributed by atoms with van der Waals surface area (Å²) in [5, 5.41) is 2.96. The van der Waals surface area contributed by atoms with Crippen molar-refractivity contribution in [3.05, 3.63) is 71.3 Å². The van der Waals surface area contributed by atoms with E-state index < -0.39 is 10.1 Å². The predicted molar refractivity (Wildman–Crippen MR) is 140 cm³/mol. The van der Waals surface area contributed by atoms with Crippen LogP contribution in [0.1, 0.15) is 21.5 Å². The Kier molecular flexibility index (Phi) is 9.37. The minimum absolute atomic E-state index is 0.127. The second-order valence-corrected chi connectivity index (χ2v) is 9.68. The Morgan fingerprint density at radius 1 is 0.838 bits per heavy atom. The van der Waals surface area contributed by atoms with Crippen LogP contribution in [0.5, 0.6) is 23.0 Å². The summed E-state index contributed by atoms with van der Waals surface area (Å²) >= 11 is 0. The summed E-state index contributed by atoms with van der Waals surface area (Å²) in [5.41, 5.74) is 2.83. The molecule has 0 heterocycles. The number of hydrogen-bond donors (Lipinski definition) is 1. The zero-order valence-electron chi connectivity index (χ0n) is 21.5. The third kappa shape index (κ3) is 6.93. The number of carbonyl (C=O) groups is 1. The summed E-state index contributed by atoms with van der Waals surface area (Å²) in [4.78, 5) is 13.7. The van der Waals surface area contributed by atoms with Crippen LogP contribution in [0, 0.1) is 0 Å². The lowest BCUT2D eigenvalue weighted by Crippen LogP contribution is -2.25. The van der Waals surface area contributed by atoms with Gasteiger partial charge in [-0.2, -0.15) is 8.42 Å². The molecule has 1 amide bonds. The monoisotopic (exact) mass is 529 g/mol. The Hall–Kier alpha value is -3.76. The lowest BCUT2D eigenvalue weighted by atomic mass is 9.91. The van der Waals surface area contributed by atoms with E-state index in [1.165, 1.54) is 28.4 Å². The van der Waals surface area contributed by atoms with Gasteiger partial charge in [-0.3, -0.25) is 8.98 Å². The first-order chi connectivity index (χ1) is 17.7. The molecule has 0 spiro atoms. The van der Waals surface area contributed by atoms with Gasteiger partial charge in [-0.15, -0.1) is 0 Å². The van der Waals surface area contributed by atoms with Crippen molar-refractivity contribution in [2.45, 2.75) is 13.0 Å². The van der Waals surface area contributed by atoms with Gasteiger partial charge in [0, 0.05) is 12.1 Å². The molecule has 0 atom stereocenters. The molecular formula is C27H31NO8S. The van der Waals surface area contributed by atoms with Gasteiger partial charge in [0.05, 0.1) is 46.9 Å². The lowest BCUT2D eigenvalue weighted by Gasteiger charge is -2.21. The smallest absolute Gasteiger partial charge is 0.264 e. The Morgan fingerprint density at radius 2 is 1.51 bits per heavy atom. The second-order valence-electron chi connectivity index (χ2n) is 8.04. The first-order valence-electron chi connectivity index (χ1n) is 11.4. The molecule has 3 rings (SSSR count). The number of rotatable bonds is 12. The number of ether oxygens (including phenoxy) is 4. The van der Waals surface area contributed by atoms with Crippen molar-refractivity contribution in [1.29, 1.82) is 0 Å². The van der Waals surface area contributed by atoms with Crippen LogP contribution < -0.4 is 24.3 Å². The van der Waals surface area contributed by atoms with E-state index in [2.05, 4.69) is 5.32 Å². The standard InChI is InChI=1S/C27H31NO8S/c1-32-21-12-11-19(15-22(21)33-2)24-25(27(29)28-17-18-9-7-6-8-10-18)20(13-14-36-37(5,30)31)16-23(34-3)26(24)35-4/h6-12,15-16H,13-14,17H2,1-5H3,(H,28,29). The zero-order valence-corrected chi connectivity index (χ0v) is 22.3. The van der Waals surface area contributed by atoms with Gasteiger partial charge in [-0.05, 0) is 41.3 Å². The molecule has 37 heavy (non-hydrogen) atoms. The van der Waals surface area contributed by atoms with Crippen molar-refractivity contribution in [3.63, 3.8) is 0 Å². The SMILES string of the molecule is COc1ccc(-c2c(OC)c(OC)cc(CCOS(C)(=O)=O)c2C(=O)NCc2ccccc2)cc1OC. The summed E-state index contributed by atoms with van der Waals surface area (Å²) in [6, 6.07) is 16.4. The Morgan fingerprint density at radius 3 is 2.11 bits per heavy atom. The van der Waals surface area contributed by atoms with E-state index in [1.54, 1.807) is 24.3 Å². The van der Waals surface area contributed by atoms with E-state index in [0.717, 1.165) is 11.8 Å². The van der Waals surface area contributed by atoms with Crippen LogP contribution in [0.25, 0.3) is 11.1 Å². The van der Waals surface area contributed by atoms with Crippen LogP contribution in [0.3, 0.4) is 0 Å². The zero-order chi connectivity index (χ0) is 27.0. The number of amides is 1. The van der Waals surface area contributed by atoms with E-state index >= 15 is 0 Å². The highest BCUT2D eigenvalue weighted by Crippen LogP contribution is 2.45. The van der Waals surface area contributed by atoms with Gasteiger partial charge >= 0.3 is 0 Å². The molecule has 3 aromatic carbocycles. The van der Waals surface area contributed by atoms with E-state index in [4.69, 9.17) is 23.1 Å². The minimum atomic E-state index is -3.67. The van der Waals surface area contributed by atoms with Gasteiger partial charge in [0.15, 0.2) is 23.0 Å². The van der Waals surface area contributed by atoms with Crippen LogP contribution >= 0.6 is 0 Å². The molecule has 0 fully saturated rings. The van der Waals surface area contributed by atoms with Crippen LogP contribution in [0.2, 0.25) is 0 Å². The third-order valence-corrected chi connectivity index (χ3v) is 6.21. The Balaban J connectivity index is 2.20. The highest BCUT2D eigenvalue weighted by Gasteiger charge is 2.26. The van der Waals surface area contributed by atoms with Gasteiger partial charge in [0.1, 0.15) is 0 Å². The summed E-state index contributed by atoms with van der Waals surface area (Å²) in [7, 11) is 2.36. The molecule has 9 nitrogen and oxygen atoms in total. The number of benzene rings is 3. The summed E-state index contributed by atoms with van der Waals surface area (Å²) < 4.78 is 50.3. The van der Waals surface area contributed by atoms with Crippen molar-refractivity contribution in [3.8, 4) is 34.1 Å². The molecule has 0 aromatic heterocycles. The number of methoxy groups -OCH3 is 4. The normalized spacial score (nSPS) is 11.1. The van der Waals surface area contributed by atoms with Gasteiger partial charge in [0.2, 0.25) is 0 Å². The Labute approximate surface area is 217 Å². The van der Waals surface area contributed by atoms with Crippen molar-refractivity contribution in [1.82, 2.24) is 5.32 Å². The lowest BCUT2D eigenvalue weighted by molar-refractivity contribution is 0.0950. The van der Waals surface area contributed by atoms with E-state index in [0.29, 0.717) is 51.8 Å². The highest BCUT2D eigenvalue weighted by molar-refractivity contribution is 7.85. The first-order valence-corrected chi connectivity index (χ1v) is 13.2. The largest absolute Gasteiger partial charge is 0.493 e. The van der Waals surface area contributed by atoms with Crippen LogP contribution in [0.4, 0.5) is 0 Å². The van der Waals surface area contributed by atoms with Crippen molar-refractivity contribution in [2.24, 2.45) is 0 Å². The molecule has 0 aliphatic rings. The fourth-order valence-corrected chi connectivity index (χ4v) is 4.33. The molecule has 0 bridgehead atoms. The number of nitrogens with one attached hydrogen (secondary N) is 1. The summed E-state index contributed by atoms with van der Waals surface area (Å²) in [5.74, 6) is 1.32. The molecule has 0 unspecified atom stereocenters. The quantitative estimate of drug-likeness (QED) is 0.353. The third-order valence-electron chi connectivity index (χ3n) is 5.62. The van der Waals surface area contributed by atoms with Crippen molar-refractivity contribution >= 4 is 16.0 Å². The first kappa shape index (κ1) is 27.8. The predicted octanol–water partition coefficient (Wildman–Crippen LogP) is 3.84. The molecule has 10 heteroatoms. The van der Waals surface area contributed by atoms with Gasteiger partial charge in [-0.25, -0.2) is 0 Å². The fourth-order valence-electron chi connectivity index (χ4n) is 3.94.